The smallest absolute Gasteiger partial charge is 0.311 e. The van der Waals surface area contributed by atoms with E-state index in [0.29, 0.717) is 4.31 Å². The van der Waals surface area contributed by atoms with Crippen LogP contribution in [0, 0.1) is 5.41 Å². The molecule has 1 unspecified atom stereocenters. The summed E-state index contributed by atoms with van der Waals surface area (Å²) >= 11 is 0. The lowest BCUT2D eigenvalue weighted by molar-refractivity contribution is -0.150. The second kappa shape index (κ2) is 3.69. The van der Waals surface area contributed by atoms with E-state index in [4.69, 9.17) is 5.11 Å². The molecule has 0 bridgehead atoms. The number of rotatable bonds is 4. The van der Waals surface area contributed by atoms with Crippen LogP contribution in [0.15, 0.2) is 0 Å². The summed E-state index contributed by atoms with van der Waals surface area (Å²) in [5.41, 5.74) is -1.24. The minimum atomic E-state index is -3.71. The number of sulfonamides is 1. The molecule has 0 aromatic carbocycles. The van der Waals surface area contributed by atoms with Crippen molar-refractivity contribution in [2.24, 2.45) is 5.41 Å². The Morgan fingerprint density at radius 1 is 1.47 bits per heavy atom. The van der Waals surface area contributed by atoms with Crippen molar-refractivity contribution in [3.8, 4) is 0 Å². The molecule has 0 saturated carbocycles. The van der Waals surface area contributed by atoms with Gasteiger partial charge in [0.2, 0.25) is 0 Å². The summed E-state index contributed by atoms with van der Waals surface area (Å²) < 4.78 is 22.9. The second-order valence-corrected chi connectivity index (χ2v) is 7.46. The summed E-state index contributed by atoms with van der Waals surface area (Å²) in [7, 11) is -3.71. The molecular weight excluding hydrogens is 246 g/mol. The molecule has 7 heteroatoms. The lowest BCUT2D eigenvalue weighted by Crippen LogP contribution is -2.69. The normalized spacial score (nSPS) is 24.9. The number of amides is 1. The van der Waals surface area contributed by atoms with E-state index < -0.39 is 32.1 Å². The summed E-state index contributed by atoms with van der Waals surface area (Å²) in [4.78, 5) is 22.7. The Morgan fingerprint density at radius 2 is 1.94 bits per heavy atom. The molecule has 17 heavy (non-hydrogen) atoms. The second-order valence-electron chi connectivity index (χ2n) is 5.05. The lowest BCUT2D eigenvalue weighted by Gasteiger charge is -2.45. The van der Waals surface area contributed by atoms with Crippen LogP contribution in [0.5, 0.6) is 0 Å². The predicted molar refractivity (Wildman–Crippen MR) is 60.7 cm³/mol. The van der Waals surface area contributed by atoms with E-state index in [-0.39, 0.29) is 13.0 Å². The lowest BCUT2D eigenvalue weighted by atomic mass is 9.87. The zero-order valence-electron chi connectivity index (χ0n) is 10.3. The van der Waals surface area contributed by atoms with E-state index in [9.17, 15) is 18.0 Å². The van der Waals surface area contributed by atoms with Crippen LogP contribution in [0.3, 0.4) is 0 Å². The van der Waals surface area contributed by atoms with E-state index in [1.807, 2.05) is 0 Å². The van der Waals surface area contributed by atoms with Gasteiger partial charge in [0.15, 0.2) is 4.75 Å². The highest BCUT2D eigenvalue weighted by Crippen LogP contribution is 2.38. The monoisotopic (exact) mass is 263 g/mol. The Labute approximate surface area is 101 Å². The van der Waals surface area contributed by atoms with Crippen molar-refractivity contribution in [2.45, 2.75) is 38.9 Å². The summed E-state index contributed by atoms with van der Waals surface area (Å²) in [6.45, 7) is 5.43. The first-order valence-corrected chi connectivity index (χ1v) is 6.75. The summed E-state index contributed by atoms with van der Waals surface area (Å²) in [5, 5.41) is 9.05. The average molecular weight is 263 g/mol. The summed E-state index contributed by atoms with van der Waals surface area (Å²) in [5.74, 6) is -1.65. The van der Waals surface area contributed by atoms with E-state index >= 15 is 0 Å². The molecule has 0 spiro atoms. The third-order valence-corrected chi connectivity index (χ3v) is 5.81. The van der Waals surface area contributed by atoms with Gasteiger partial charge in [-0.3, -0.25) is 9.59 Å². The van der Waals surface area contributed by atoms with Crippen molar-refractivity contribution in [3.05, 3.63) is 0 Å². The number of hydrogen-bond donors (Lipinski definition) is 1. The van der Waals surface area contributed by atoms with Crippen LogP contribution in [-0.2, 0) is 19.6 Å². The topological polar surface area (TPSA) is 91.8 Å². The molecule has 1 N–H and O–H groups in total. The zero-order chi connectivity index (χ0) is 13.6. The van der Waals surface area contributed by atoms with Gasteiger partial charge in [0.1, 0.15) is 0 Å². The number of carboxylic acids is 1. The van der Waals surface area contributed by atoms with Crippen molar-refractivity contribution >= 4 is 21.9 Å². The van der Waals surface area contributed by atoms with Crippen LogP contribution >= 0.6 is 0 Å². The molecule has 6 nitrogen and oxygen atoms in total. The van der Waals surface area contributed by atoms with E-state index in [1.165, 1.54) is 20.8 Å². The maximum atomic E-state index is 11.8. The van der Waals surface area contributed by atoms with Gasteiger partial charge in [0.25, 0.3) is 15.9 Å². The summed E-state index contributed by atoms with van der Waals surface area (Å²) in [6, 6.07) is 0. The molecule has 1 amide bonds. The minimum Gasteiger partial charge on any atom is -0.481 e. The third kappa shape index (κ3) is 1.72. The average Bonchev–Trinajstić information content (AvgIpc) is 2.23. The van der Waals surface area contributed by atoms with Crippen LogP contribution in [0.2, 0.25) is 0 Å². The first kappa shape index (κ1) is 14.0. The standard InChI is InChI=1S/C10H17NO5S/c1-5-10(4,8(13)14)6-11-7(12)9(2,3)17(11,15)16/h5-6H2,1-4H3,(H,13,14). The summed E-state index contributed by atoms with van der Waals surface area (Å²) in [6.07, 6.45) is 0.252. The van der Waals surface area contributed by atoms with E-state index in [1.54, 1.807) is 6.92 Å². The Kier molecular flexibility index (Phi) is 3.03. The van der Waals surface area contributed by atoms with Gasteiger partial charge in [-0.05, 0) is 27.2 Å². The third-order valence-electron chi connectivity index (χ3n) is 3.47. The zero-order valence-corrected chi connectivity index (χ0v) is 11.2. The van der Waals surface area contributed by atoms with Crippen molar-refractivity contribution in [1.82, 2.24) is 4.31 Å². The van der Waals surface area contributed by atoms with Crippen molar-refractivity contribution in [3.63, 3.8) is 0 Å². The molecule has 1 atom stereocenters. The molecule has 1 aliphatic heterocycles. The van der Waals surface area contributed by atoms with Crippen molar-refractivity contribution in [2.75, 3.05) is 6.54 Å². The highest BCUT2D eigenvalue weighted by molar-refractivity contribution is 7.94. The molecule has 0 aromatic heterocycles. The first-order chi connectivity index (χ1) is 7.50. The van der Waals surface area contributed by atoms with Gasteiger partial charge >= 0.3 is 5.97 Å². The molecule has 1 saturated heterocycles. The van der Waals surface area contributed by atoms with E-state index in [2.05, 4.69) is 0 Å². The number of aliphatic carboxylic acids is 1. The van der Waals surface area contributed by atoms with Gasteiger partial charge in [0, 0.05) is 0 Å². The molecule has 0 aromatic rings. The highest BCUT2D eigenvalue weighted by atomic mass is 32.2. The number of carboxylic acid groups (broad SMARTS) is 1. The molecule has 1 heterocycles. The van der Waals surface area contributed by atoms with Gasteiger partial charge in [-0.2, -0.15) is 0 Å². The van der Waals surface area contributed by atoms with Crippen LogP contribution in [-0.4, -0.2) is 41.0 Å². The van der Waals surface area contributed by atoms with Gasteiger partial charge in [-0.15, -0.1) is 0 Å². The Hall–Kier alpha value is -1.11. The van der Waals surface area contributed by atoms with Crippen molar-refractivity contribution < 1.29 is 23.1 Å². The number of carbonyl (C=O) groups is 2. The maximum absolute atomic E-state index is 11.8. The Balaban J connectivity index is 3.01. The molecule has 0 radical (unpaired) electrons. The molecule has 0 aliphatic carbocycles. The Bertz CT molecular complexity index is 467. The largest absolute Gasteiger partial charge is 0.481 e. The van der Waals surface area contributed by atoms with Crippen molar-refractivity contribution in [1.29, 1.82) is 0 Å². The predicted octanol–water partition coefficient (Wildman–Crippen LogP) is 0.438. The van der Waals surface area contributed by atoms with Crippen LogP contribution < -0.4 is 0 Å². The molecule has 1 rings (SSSR count). The van der Waals surface area contributed by atoms with Gasteiger partial charge in [-0.25, -0.2) is 12.7 Å². The fraction of sp³-hybridized carbons (Fsp3) is 0.800. The maximum Gasteiger partial charge on any atom is 0.311 e. The molecule has 98 valence electrons. The minimum absolute atomic E-state index is 0.252. The van der Waals surface area contributed by atoms with Crippen LogP contribution in [0.4, 0.5) is 0 Å². The number of hydrogen-bond acceptors (Lipinski definition) is 4. The van der Waals surface area contributed by atoms with Gasteiger partial charge in [-0.1, -0.05) is 6.92 Å². The molecule has 1 aliphatic rings. The fourth-order valence-electron chi connectivity index (χ4n) is 1.56. The number of nitrogens with zero attached hydrogens (tertiary/aromatic N) is 1. The molecular formula is C10H17NO5S. The molecule has 1 fully saturated rings. The van der Waals surface area contributed by atoms with Crippen LogP contribution in [0.25, 0.3) is 0 Å². The van der Waals surface area contributed by atoms with Gasteiger partial charge in [0.05, 0.1) is 12.0 Å². The van der Waals surface area contributed by atoms with E-state index in [0.717, 1.165) is 0 Å². The van der Waals surface area contributed by atoms with Crippen LogP contribution in [0.1, 0.15) is 34.1 Å². The SMILES string of the molecule is CCC(C)(CN1C(=O)C(C)(C)S1(=O)=O)C(=O)O. The highest BCUT2D eigenvalue weighted by Gasteiger charge is 2.61. The van der Waals surface area contributed by atoms with Gasteiger partial charge < -0.3 is 5.11 Å². The number of carbonyl (C=O) groups excluding carboxylic acids is 1. The fourth-order valence-corrected chi connectivity index (χ4v) is 3.21. The first-order valence-electron chi connectivity index (χ1n) is 5.31. The quantitative estimate of drug-likeness (QED) is 0.794. The Morgan fingerprint density at radius 3 is 2.24 bits per heavy atom.